The van der Waals surface area contributed by atoms with Crippen LogP contribution in [0, 0.1) is 18.6 Å². The van der Waals surface area contributed by atoms with Gasteiger partial charge in [-0.3, -0.25) is 4.79 Å². The number of benzene rings is 2. The molecular formula is C21H20F2N2O3S. The van der Waals surface area contributed by atoms with Gasteiger partial charge in [0, 0.05) is 32.0 Å². The predicted molar refractivity (Wildman–Crippen MR) is 106 cm³/mol. The lowest BCUT2D eigenvalue weighted by molar-refractivity contribution is -0.135. The van der Waals surface area contributed by atoms with Crippen LogP contribution in [0.5, 0.6) is 10.9 Å². The third kappa shape index (κ3) is 4.64. The molecule has 152 valence electrons. The van der Waals surface area contributed by atoms with Gasteiger partial charge in [-0.25, -0.2) is 8.78 Å². The van der Waals surface area contributed by atoms with Gasteiger partial charge in [-0.2, -0.15) is 4.98 Å². The van der Waals surface area contributed by atoms with Crippen molar-refractivity contribution in [1.29, 1.82) is 0 Å². The molecule has 1 aliphatic heterocycles. The Kier molecular flexibility index (Phi) is 5.62. The first kappa shape index (κ1) is 19.6. The van der Waals surface area contributed by atoms with E-state index < -0.39 is 11.6 Å². The van der Waals surface area contributed by atoms with E-state index in [0.29, 0.717) is 41.6 Å². The summed E-state index contributed by atoms with van der Waals surface area (Å²) >= 11 is 1.12. The molecule has 0 unspecified atom stereocenters. The zero-order chi connectivity index (χ0) is 20.4. The van der Waals surface area contributed by atoms with Gasteiger partial charge in [-0.15, -0.1) is 0 Å². The van der Waals surface area contributed by atoms with Crippen molar-refractivity contribution in [3.05, 3.63) is 53.6 Å². The Morgan fingerprint density at radius 2 is 1.93 bits per heavy atom. The van der Waals surface area contributed by atoms with Gasteiger partial charge in [0.05, 0.1) is 4.70 Å². The summed E-state index contributed by atoms with van der Waals surface area (Å²) in [5.74, 6) is -0.729. The molecule has 1 saturated heterocycles. The molecule has 8 heteroatoms. The van der Waals surface area contributed by atoms with Crippen molar-refractivity contribution in [2.24, 2.45) is 0 Å². The summed E-state index contributed by atoms with van der Waals surface area (Å²) in [4.78, 5) is 18.2. The normalized spacial score (nSPS) is 14.9. The highest BCUT2D eigenvalue weighted by Gasteiger charge is 2.25. The number of carbonyl (C=O) groups is 1. The number of ether oxygens (including phenoxy) is 2. The lowest BCUT2D eigenvalue weighted by Crippen LogP contribution is -2.43. The number of hydrogen-bond donors (Lipinski definition) is 0. The van der Waals surface area contributed by atoms with Crippen LogP contribution in [-0.2, 0) is 4.79 Å². The fraction of sp³-hybridized carbons (Fsp3) is 0.333. The predicted octanol–water partition coefficient (Wildman–Crippen LogP) is 4.33. The summed E-state index contributed by atoms with van der Waals surface area (Å²) in [6.07, 6.45) is 1.16. The number of carbonyl (C=O) groups excluding carboxylic acids is 1. The van der Waals surface area contributed by atoms with Gasteiger partial charge in [0.1, 0.15) is 23.2 Å². The van der Waals surface area contributed by atoms with Gasteiger partial charge < -0.3 is 14.4 Å². The standard InChI is InChI=1S/C21H20F2N2O3S/c1-13-2-4-15(5-3-13)27-12-19(26)25-8-6-16(7-9-25)28-21-24-20-17(23)10-14(22)11-18(20)29-21/h2-5,10-11,16H,6-9,12H2,1H3. The maximum Gasteiger partial charge on any atom is 0.274 e. The number of likely N-dealkylation sites (tertiary alicyclic amines) is 1. The SMILES string of the molecule is Cc1ccc(OCC(=O)N2CCC(Oc3nc4c(F)cc(F)cc4s3)CC2)cc1. The van der Waals surface area contributed by atoms with Gasteiger partial charge in [-0.1, -0.05) is 29.0 Å². The number of fused-ring (bicyclic) bond motifs is 1. The number of aromatic nitrogens is 1. The molecule has 0 radical (unpaired) electrons. The molecule has 1 aliphatic rings. The van der Waals surface area contributed by atoms with Crippen molar-refractivity contribution >= 4 is 27.5 Å². The zero-order valence-electron chi connectivity index (χ0n) is 15.9. The molecule has 2 aromatic carbocycles. The van der Waals surface area contributed by atoms with Crippen molar-refractivity contribution in [2.45, 2.75) is 25.9 Å². The molecule has 0 spiro atoms. The van der Waals surface area contributed by atoms with Crippen LogP contribution >= 0.6 is 11.3 Å². The summed E-state index contributed by atoms with van der Waals surface area (Å²) in [5.41, 5.74) is 1.25. The van der Waals surface area contributed by atoms with E-state index in [1.165, 1.54) is 6.07 Å². The maximum absolute atomic E-state index is 13.8. The molecule has 0 aliphatic carbocycles. The smallest absolute Gasteiger partial charge is 0.274 e. The Morgan fingerprint density at radius 1 is 1.21 bits per heavy atom. The van der Waals surface area contributed by atoms with Gasteiger partial charge >= 0.3 is 0 Å². The minimum atomic E-state index is -0.694. The first-order valence-corrected chi connectivity index (χ1v) is 10.2. The van der Waals surface area contributed by atoms with Gasteiger partial charge in [0.15, 0.2) is 12.4 Å². The molecule has 0 bridgehead atoms. The Labute approximate surface area is 170 Å². The van der Waals surface area contributed by atoms with Crippen LogP contribution in [0.1, 0.15) is 18.4 Å². The number of halogens is 2. The fourth-order valence-electron chi connectivity index (χ4n) is 3.22. The van der Waals surface area contributed by atoms with E-state index in [-0.39, 0.29) is 24.1 Å². The first-order chi connectivity index (χ1) is 14.0. The van der Waals surface area contributed by atoms with Crippen LogP contribution in [0.25, 0.3) is 10.2 Å². The second-order valence-corrected chi connectivity index (χ2v) is 8.01. The van der Waals surface area contributed by atoms with Crippen molar-refractivity contribution in [3.8, 4) is 10.9 Å². The zero-order valence-corrected chi connectivity index (χ0v) is 16.7. The molecule has 0 N–H and O–H groups in total. The van der Waals surface area contributed by atoms with Crippen LogP contribution in [-0.4, -0.2) is 41.6 Å². The summed E-state index contributed by atoms with van der Waals surface area (Å²) in [7, 11) is 0. The molecule has 2 heterocycles. The van der Waals surface area contributed by atoms with Crippen molar-refractivity contribution < 1.29 is 23.0 Å². The van der Waals surface area contributed by atoms with Crippen LogP contribution < -0.4 is 9.47 Å². The molecule has 5 nitrogen and oxygen atoms in total. The summed E-state index contributed by atoms with van der Waals surface area (Å²) in [6.45, 7) is 3.09. The number of nitrogens with zero attached hydrogens (tertiary/aromatic N) is 2. The van der Waals surface area contributed by atoms with Gasteiger partial charge in [0.2, 0.25) is 0 Å². The molecular weight excluding hydrogens is 398 g/mol. The number of rotatable bonds is 5. The molecule has 1 fully saturated rings. The Bertz CT molecular complexity index is 1010. The topological polar surface area (TPSA) is 51.7 Å². The summed E-state index contributed by atoms with van der Waals surface area (Å²) in [5, 5.41) is 0.317. The third-order valence-corrected chi connectivity index (χ3v) is 5.73. The lowest BCUT2D eigenvalue weighted by atomic mass is 10.1. The number of hydrogen-bond acceptors (Lipinski definition) is 5. The quantitative estimate of drug-likeness (QED) is 0.619. The Balaban J connectivity index is 1.28. The number of amides is 1. The summed E-state index contributed by atoms with van der Waals surface area (Å²) < 4.78 is 38.9. The second kappa shape index (κ2) is 8.32. The number of piperidine rings is 1. The van der Waals surface area contributed by atoms with Crippen LogP contribution in [0.15, 0.2) is 36.4 Å². The Morgan fingerprint density at radius 3 is 2.66 bits per heavy atom. The van der Waals surface area contributed by atoms with Crippen LogP contribution in [0.3, 0.4) is 0 Å². The largest absolute Gasteiger partial charge is 0.484 e. The first-order valence-electron chi connectivity index (χ1n) is 9.37. The molecule has 1 amide bonds. The number of thiazole rings is 1. The van der Waals surface area contributed by atoms with E-state index in [2.05, 4.69) is 4.98 Å². The highest BCUT2D eigenvalue weighted by atomic mass is 32.1. The third-order valence-electron chi connectivity index (χ3n) is 4.84. The van der Waals surface area contributed by atoms with Crippen molar-refractivity contribution in [2.75, 3.05) is 19.7 Å². The highest BCUT2D eigenvalue weighted by Crippen LogP contribution is 2.32. The van der Waals surface area contributed by atoms with E-state index in [0.717, 1.165) is 23.0 Å². The van der Waals surface area contributed by atoms with Crippen molar-refractivity contribution in [1.82, 2.24) is 9.88 Å². The second-order valence-electron chi connectivity index (χ2n) is 7.01. The fourth-order valence-corrected chi connectivity index (χ4v) is 4.14. The van der Waals surface area contributed by atoms with E-state index in [1.54, 1.807) is 4.90 Å². The van der Waals surface area contributed by atoms with Gasteiger partial charge in [-0.05, 0) is 25.1 Å². The molecule has 0 saturated carbocycles. The van der Waals surface area contributed by atoms with Crippen molar-refractivity contribution in [3.63, 3.8) is 0 Å². The average molecular weight is 418 g/mol. The minimum absolute atomic E-state index is 0.00268. The monoisotopic (exact) mass is 418 g/mol. The Hall–Kier alpha value is -2.74. The average Bonchev–Trinajstić information content (AvgIpc) is 3.10. The summed E-state index contributed by atoms with van der Waals surface area (Å²) in [6, 6.07) is 9.62. The van der Waals surface area contributed by atoms with Crippen LogP contribution in [0.4, 0.5) is 8.78 Å². The lowest BCUT2D eigenvalue weighted by Gasteiger charge is -2.31. The molecule has 29 heavy (non-hydrogen) atoms. The maximum atomic E-state index is 13.8. The molecule has 1 aromatic heterocycles. The van der Waals surface area contributed by atoms with E-state index in [4.69, 9.17) is 9.47 Å². The molecule has 3 aromatic rings. The highest BCUT2D eigenvalue weighted by molar-refractivity contribution is 7.20. The molecule has 0 atom stereocenters. The van der Waals surface area contributed by atoms with Crippen LogP contribution in [0.2, 0.25) is 0 Å². The molecule has 4 rings (SSSR count). The van der Waals surface area contributed by atoms with Gasteiger partial charge in [0.25, 0.3) is 11.1 Å². The number of aryl methyl sites for hydroxylation is 1. The van der Waals surface area contributed by atoms with E-state index >= 15 is 0 Å². The minimum Gasteiger partial charge on any atom is -0.484 e. The van der Waals surface area contributed by atoms with E-state index in [1.807, 2.05) is 31.2 Å². The van der Waals surface area contributed by atoms with E-state index in [9.17, 15) is 13.6 Å².